The maximum atomic E-state index is 11.1. The van der Waals surface area contributed by atoms with Crippen molar-refractivity contribution in [3.05, 3.63) is 35.3 Å². The van der Waals surface area contributed by atoms with E-state index in [2.05, 4.69) is 4.98 Å². The van der Waals surface area contributed by atoms with Crippen molar-refractivity contribution in [2.75, 3.05) is 7.11 Å². The molecule has 1 aromatic rings. The first-order valence-corrected chi connectivity index (χ1v) is 4.17. The first-order chi connectivity index (χ1) is 6.81. The number of rotatable bonds is 2. The Hall–Kier alpha value is -1.84. The molecule has 0 radical (unpaired) electrons. The van der Waals surface area contributed by atoms with Crippen molar-refractivity contribution in [1.29, 1.82) is 0 Å². The molecular weight excluding hydrogens is 182 g/mol. The molecule has 0 spiro atoms. The van der Waals surface area contributed by atoms with E-state index in [4.69, 9.17) is 9.47 Å². The van der Waals surface area contributed by atoms with Gasteiger partial charge in [-0.25, -0.2) is 9.78 Å². The zero-order chi connectivity index (χ0) is 9.97. The predicted molar refractivity (Wildman–Crippen MR) is 49.4 cm³/mol. The summed E-state index contributed by atoms with van der Waals surface area (Å²) in [7, 11) is 1.57. The van der Waals surface area contributed by atoms with Crippen LogP contribution in [0.4, 0.5) is 0 Å². The molecule has 0 unspecified atom stereocenters. The van der Waals surface area contributed by atoms with Crippen molar-refractivity contribution in [3.63, 3.8) is 0 Å². The van der Waals surface area contributed by atoms with Crippen LogP contribution in [0.3, 0.4) is 0 Å². The van der Waals surface area contributed by atoms with Gasteiger partial charge in [0.2, 0.25) is 0 Å². The zero-order valence-electron chi connectivity index (χ0n) is 7.69. The molecule has 4 nitrogen and oxygen atoms in total. The quantitative estimate of drug-likeness (QED) is 0.523. The van der Waals surface area contributed by atoms with Crippen LogP contribution in [0.2, 0.25) is 0 Å². The van der Waals surface area contributed by atoms with Gasteiger partial charge in [0.15, 0.2) is 0 Å². The van der Waals surface area contributed by atoms with E-state index in [1.807, 2.05) is 0 Å². The average molecular weight is 191 g/mol. The van der Waals surface area contributed by atoms with Gasteiger partial charge >= 0.3 is 5.97 Å². The summed E-state index contributed by atoms with van der Waals surface area (Å²) in [4.78, 5) is 15.3. The highest BCUT2D eigenvalue weighted by Crippen LogP contribution is 2.18. The third-order valence-corrected chi connectivity index (χ3v) is 1.93. The summed E-state index contributed by atoms with van der Waals surface area (Å²) in [6.45, 7) is 0.267. The summed E-state index contributed by atoms with van der Waals surface area (Å²) in [6, 6.07) is 3.47. The second-order valence-electron chi connectivity index (χ2n) is 2.84. The van der Waals surface area contributed by atoms with Crippen molar-refractivity contribution in [2.24, 2.45) is 0 Å². The Morgan fingerprint density at radius 3 is 3.21 bits per heavy atom. The highest BCUT2D eigenvalue weighted by atomic mass is 16.5. The van der Waals surface area contributed by atoms with E-state index in [0.717, 1.165) is 5.69 Å². The van der Waals surface area contributed by atoms with E-state index in [0.29, 0.717) is 11.3 Å². The third kappa shape index (κ3) is 1.46. The van der Waals surface area contributed by atoms with Crippen molar-refractivity contribution >= 4 is 12.0 Å². The maximum absolute atomic E-state index is 11.1. The van der Waals surface area contributed by atoms with Gasteiger partial charge in [-0.15, -0.1) is 0 Å². The van der Waals surface area contributed by atoms with Crippen LogP contribution in [-0.4, -0.2) is 18.1 Å². The minimum Gasteiger partial charge on any atom is -0.504 e. The lowest BCUT2D eigenvalue weighted by atomic mass is 10.2. The van der Waals surface area contributed by atoms with Crippen LogP contribution in [0.5, 0.6) is 0 Å². The van der Waals surface area contributed by atoms with E-state index in [1.165, 1.54) is 6.26 Å². The normalized spacial score (nSPS) is 14.2. The molecule has 2 heterocycles. The lowest BCUT2D eigenvalue weighted by Crippen LogP contribution is -1.94. The Balaban J connectivity index is 2.32. The lowest BCUT2D eigenvalue weighted by Gasteiger charge is -1.95. The van der Waals surface area contributed by atoms with E-state index in [9.17, 15) is 4.79 Å². The maximum Gasteiger partial charge on any atom is 0.340 e. The Morgan fingerprint density at radius 2 is 2.43 bits per heavy atom. The summed E-state index contributed by atoms with van der Waals surface area (Å²) in [5.41, 5.74) is 2.00. The SMILES string of the molecule is CO/C=C/c1ccc2c(n1)COC2=O. The largest absolute Gasteiger partial charge is 0.504 e. The Kier molecular flexibility index (Phi) is 2.18. The van der Waals surface area contributed by atoms with Crippen LogP contribution >= 0.6 is 0 Å². The molecule has 1 aromatic heterocycles. The van der Waals surface area contributed by atoms with Crippen LogP contribution in [-0.2, 0) is 16.1 Å². The number of cyclic esters (lactones) is 1. The second-order valence-corrected chi connectivity index (χ2v) is 2.84. The molecular formula is C10H9NO3. The topological polar surface area (TPSA) is 48.4 Å². The highest BCUT2D eigenvalue weighted by Gasteiger charge is 2.21. The number of ether oxygens (including phenoxy) is 2. The molecule has 0 N–H and O–H groups in total. The molecule has 1 aliphatic rings. The number of pyridine rings is 1. The number of nitrogens with zero attached hydrogens (tertiary/aromatic N) is 1. The van der Waals surface area contributed by atoms with Crippen LogP contribution in [0.1, 0.15) is 21.7 Å². The minimum atomic E-state index is -0.297. The molecule has 0 aromatic carbocycles. The van der Waals surface area contributed by atoms with Gasteiger partial charge in [-0.05, 0) is 18.2 Å². The molecule has 1 aliphatic heterocycles. The van der Waals surface area contributed by atoms with Gasteiger partial charge in [0.05, 0.1) is 30.3 Å². The number of carbonyl (C=O) groups excluding carboxylic acids is 1. The summed E-state index contributed by atoms with van der Waals surface area (Å²) < 4.78 is 9.59. The van der Waals surface area contributed by atoms with Gasteiger partial charge in [0.25, 0.3) is 0 Å². The van der Waals surface area contributed by atoms with Crippen molar-refractivity contribution in [2.45, 2.75) is 6.61 Å². The van der Waals surface area contributed by atoms with Crippen LogP contribution in [0, 0.1) is 0 Å². The minimum absolute atomic E-state index is 0.267. The fourth-order valence-electron chi connectivity index (χ4n) is 1.26. The van der Waals surface area contributed by atoms with Gasteiger partial charge in [-0.2, -0.15) is 0 Å². The summed E-state index contributed by atoms with van der Waals surface area (Å²) in [5, 5.41) is 0. The Labute approximate surface area is 81.2 Å². The molecule has 0 aliphatic carbocycles. The van der Waals surface area contributed by atoms with E-state index < -0.39 is 0 Å². The van der Waals surface area contributed by atoms with Crippen LogP contribution < -0.4 is 0 Å². The van der Waals surface area contributed by atoms with Gasteiger partial charge in [0.1, 0.15) is 6.61 Å². The van der Waals surface area contributed by atoms with Crippen molar-refractivity contribution in [3.8, 4) is 0 Å². The Bertz CT molecular complexity index is 398. The summed E-state index contributed by atoms with van der Waals surface area (Å²) >= 11 is 0. The van der Waals surface area contributed by atoms with Gasteiger partial charge in [-0.3, -0.25) is 0 Å². The highest BCUT2D eigenvalue weighted by molar-refractivity contribution is 5.92. The first-order valence-electron chi connectivity index (χ1n) is 4.17. The molecule has 0 saturated carbocycles. The average Bonchev–Trinajstić information content (AvgIpc) is 2.57. The van der Waals surface area contributed by atoms with Gasteiger partial charge in [0, 0.05) is 0 Å². The number of esters is 1. The Morgan fingerprint density at radius 1 is 1.57 bits per heavy atom. The van der Waals surface area contributed by atoms with E-state index in [1.54, 1.807) is 25.3 Å². The molecule has 14 heavy (non-hydrogen) atoms. The molecule has 4 heteroatoms. The molecule has 0 fully saturated rings. The standard InChI is InChI=1S/C10H9NO3/c1-13-5-4-7-2-3-8-9(11-7)6-14-10(8)12/h2-5H,6H2,1H3/b5-4+. The third-order valence-electron chi connectivity index (χ3n) is 1.93. The van der Waals surface area contributed by atoms with Crippen molar-refractivity contribution in [1.82, 2.24) is 4.98 Å². The van der Waals surface area contributed by atoms with E-state index >= 15 is 0 Å². The molecule has 72 valence electrons. The number of methoxy groups -OCH3 is 1. The lowest BCUT2D eigenvalue weighted by molar-refractivity contribution is 0.0533. The number of carbonyl (C=O) groups is 1. The fraction of sp³-hybridized carbons (Fsp3) is 0.200. The second kappa shape index (κ2) is 3.49. The number of hydrogen-bond donors (Lipinski definition) is 0. The van der Waals surface area contributed by atoms with Gasteiger partial charge < -0.3 is 9.47 Å². The fourth-order valence-corrected chi connectivity index (χ4v) is 1.26. The first kappa shape index (κ1) is 8.74. The number of fused-ring (bicyclic) bond motifs is 1. The zero-order valence-corrected chi connectivity index (χ0v) is 7.69. The molecule has 0 saturated heterocycles. The molecule has 0 atom stereocenters. The number of hydrogen-bond acceptors (Lipinski definition) is 4. The smallest absolute Gasteiger partial charge is 0.340 e. The number of aromatic nitrogens is 1. The molecule has 0 bridgehead atoms. The molecule has 0 amide bonds. The van der Waals surface area contributed by atoms with E-state index in [-0.39, 0.29) is 12.6 Å². The van der Waals surface area contributed by atoms with Crippen LogP contribution in [0.15, 0.2) is 18.4 Å². The van der Waals surface area contributed by atoms with Gasteiger partial charge in [-0.1, -0.05) is 0 Å². The monoisotopic (exact) mass is 191 g/mol. The predicted octanol–water partition coefficient (Wildman–Crippen LogP) is 1.37. The molecule has 2 rings (SSSR count). The summed E-state index contributed by atoms with van der Waals surface area (Å²) in [5.74, 6) is -0.297. The van der Waals surface area contributed by atoms with Crippen LogP contribution in [0.25, 0.3) is 6.08 Å². The summed E-state index contributed by atoms with van der Waals surface area (Å²) in [6.07, 6.45) is 3.26. The van der Waals surface area contributed by atoms with Crippen molar-refractivity contribution < 1.29 is 14.3 Å².